The minimum absolute atomic E-state index is 0.121. The monoisotopic (exact) mass is 329 g/mol. The van der Waals surface area contributed by atoms with Gasteiger partial charge < -0.3 is 9.63 Å². The molecule has 2 aromatic rings. The Morgan fingerprint density at radius 3 is 2.58 bits per heavy atom. The van der Waals surface area contributed by atoms with Gasteiger partial charge in [-0.05, 0) is 23.8 Å². The van der Waals surface area contributed by atoms with Crippen LogP contribution in [0.5, 0.6) is 0 Å². The summed E-state index contributed by atoms with van der Waals surface area (Å²) in [5, 5.41) is 14.7. The molecule has 5 nitrogen and oxygen atoms in total. The van der Waals surface area contributed by atoms with Gasteiger partial charge in [-0.1, -0.05) is 56.3 Å². The summed E-state index contributed by atoms with van der Waals surface area (Å²) in [5.41, 5.74) is 1.05. The molecule has 1 saturated carbocycles. The summed E-state index contributed by atoms with van der Waals surface area (Å²) >= 11 is 0. The number of aliphatic hydroxyl groups excluding tert-OH is 1. The molecule has 0 spiro atoms. The lowest BCUT2D eigenvalue weighted by molar-refractivity contribution is 0.0802. The molecule has 1 atom stereocenters. The first-order valence-electron chi connectivity index (χ1n) is 8.68. The van der Waals surface area contributed by atoms with Crippen molar-refractivity contribution in [2.75, 3.05) is 13.1 Å². The average molecular weight is 329 g/mol. The average Bonchev–Trinajstić information content (AvgIpc) is 3.27. The zero-order valence-electron chi connectivity index (χ0n) is 14.8. The van der Waals surface area contributed by atoms with Crippen LogP contribution in [0.15, 0.2) is 34.9 Å². The zero-order valence-corrected chi connectivity index (χ0v) is 14.8. The largest absolute Gasteiger partial charge is 0.387 e. The first kappa shape index (κ1) is 17.1. The number of benzene rings is 1. The smallest absolute Gasteiger partial charge is 0.240 e. The maximum absolute atomic E-state index is 10.6. The third-order valence-electron chi connectivity index (χ3n) is 4.10. The van der Waals surface area contributed by atoms with Crippen LogP contribution in [0.2, 0.25) is 0 Å². The number of nitrogens with zero attached hydrogens (tertiary/aromatic N) is 3. The minimum Gasteiger partial charge on any atom is -0.387 e. The minimum atomic E-state index is -0.528. The van der Waals surface area contributed by atoms with Crippen molar-refractivity contribution in [1.29, 1.82) is 0 Å². The normalized spacial score (nSPS) is 16.5. The first-order chi connectivity index (χ1) is 11.4. The van der Waals surface area contributed by atoms with Gasteiger partial charge >= 0.3 is 0 Å². The van der Waals surface area contributed by atoms with Crippen LogP contribution in [-0.2, 0) is 6.54 Å². The van der Waals surface area contributed by atoms with Gasteiger partial charge in [-0.25, -0.2) is 0 Å². The molecular formula is C19H27N3O2. The Balaban J connectivity index is 1.67. The van der Waals surface area contributed by atoms with E-state index in [1.165, 1.54) is 0 Å². The van der Waals surface area contributed by atoms with E-state index < -0.39 is 6.10 Å². The van der Waals surface area contributed by atoms with E-state index in [1.807, 2.05) is 30.3 Å². The van der Waals surface area contributed by atoms with E-state index in [4.69, 9.17) is 4.52 Å². The molecule has 0 bridgehead atoms. The van der Waals surface area contributed by atoms with Crippen molar-refractivity contribution in [1.82, 2.24) is 15.0 Å². The second-order valence-electron chi connectivity index (χ2n) is 7.98. The fourth-order valence-corrected chi connectivity index (χ4v) is 2.91. The number of aromatic nitrogens is 2. The second kappa shape index (κ2) is 7.03. The van der Waals surface area contributed by atoms with E-state index in [9.17, 15) is 5.11 Å². The molecule has 1 aliphatic rings. The molecule has 0 unspecified atom stereocenters. The zero-order chi connectivity index (χ0) is 17.2. The molecule has 3 rings (SSSR count). The van der Waals surface area contributed by atoms with Crippen molar-refractivity contribution < 1.29 is 9.63 Å². The fourth-order valence-electron chi connectivity index (χ4n) is 2.91. The second-order valence-corrected chi connectivity index (χ2v) is 7.98. The lowest BCUT2D eigenvalue weighted by atomic mass is 9.95. The predicted molar refractivity (Wildman–Crippen MR) is 92.4 cm³/mol. The fraction of sp³-hybridized carbons (Fsp3) is 0.579. The van der Waals surface area contributed by atoms with E-state index in [-0.39, 0.29) is 5.41 Å². The molecule has 1 N–H and O–H groups in total. The molecule has 130 valence electrons. The van der Waals surface area contributed by atoms with Crippen LogP contribution in [0.25, 0.3) is 0 Å². The summed E-state index contributed by atoms with van der Waals surface area (Å²) in [5.74, 6) is 1.97. The van der Waals surface area contributed by atoms with Gasteiger partial charge in [0.15, 0.2) is 5.82 Å². The Morgan fingerprint density at radius 1 is 1.25 bits per heavy atom. The number of rotatable bonds is 7. The third kappa shape index (κ3) is 4.89. The number of hydrogen-bond acceptors (Lipinski definition) is 5. The highest BCUT2D eigenvalue weighted by molar-refractivity contribution is 5.17. The molecule has 0 aliphatic heterocycles. The Morgan fingerprint density at radius 2 is 1.96 bits per heavy atom. The van der Waals surface area contributed by atoms with Gasteiger partial charge in [0.1, 0.15) is 0 Å². The van der Waals surface area contributed by atoms with Gasteiger partial charge in [-0.15, -0.1) is 0 Å². The standard InChI is InChI=1S/C19H27N3O2/c1-19(2,3)13-22(11-16(23)14-7-5-4-6-8-14)12-17-20-18(21-24-17)15-9-10-15/h4-8,15-16,23H,9-13H2,1-3H3/t16-/m1/s1. The van der Waals surface area contributed by atoms with Gasteiger partial charge in [0, 0.05) is 19.0 Å². The number of aliphatic hydroxyl groups is 1. The summed E-state index contributed by atoms with van der Waals surface area (Å²) in [6, 6.07) is 9.77. The van der Waals surface area contributed by atoms with E-state index in [0.717, 1.165) is 30.8 Å². The lowest BCUT2D eigenvalue weighted by Gasteiger charge is -2.30. The van der Waals surface area contributed by atoms with Crippen LogP contribution < -0.4 is 0 Å². The Kier molecular flexibility index (Phi) is 5.01. The molecule has 0 amide bonds. The lowest BCUT2D eigenvalue weighted by Crippen LogP contribution is -2.35. The van der Waals surface area contributed by atoms with E-state index in [0.29, 0.717) is 24.9 Å². The van der Waals surface area contributed by atoms with Gasteiger partial charge in [0.05, 0.1) is 12.6 Å². The first-order valence-corrected chi connectivity index (χ1v) is 8.68. The number of hydrogen-bond donors (Lipinski definition) is 1. The van der Waals surface area contributed by atoms with Gasteiger partial charge in [-0.2, -0.15) is 4.98 Å². The van der Waals surface area contributed by atoms with Crippen molar-refractivity contribution in [3.05, 3.63) is 47.6 Å². The predicted octanol–water partition coefficient (Wildman–Crippen LogP) is 3.53. The highest BCUT2D eigenvalue weighted by Gasteiger charge is 2.29. The molecule has 1 fully saturated rings. The Bertz CT molecular complexity index is 644. The van der Waals surface area contributed by atoms with Crippen molar-refractivity contribution in [2.45, 2.75) is 52.2 Å². The summed E-state index contributed by atoms with van der Waals surface area (Å²) in [4.78, 5) is 6.72. The Labute approximate surface area is 143 Å². The molecule has 1 heterocycles. The molecule has 1 aromatic carbocycles. The molecule has 5 heteroatoms. The third-order valence-corrected chi connectivity index (χ3v) is 4.10. The summed E-state index contributed by atoms with van der Waals surface area (Å²) < 4.78 is 5.41. The molecule has 0 saturated heterocycles. The van der Waals surface area contributed by atoms with Crippen molar-refractivity contribution in [3.8, 4) is 0 Å². The molecule has 1 aromatic heterocycles. The quantitative estimate of drug-likeness (QED) is 0.842. The topological polar surface area (TPSA) is 62.4 Å². The van der Waals surface area contributed by atoms with E-state index in [2.05, 4.69) is 35.8 Å². The van der Waals surface area contributed by atoms with Gasteiger partial charge in [0.2, 0.25) is 5.89 Å². The van der Waals surface area contributed by atoms with E-state index in [1.54, 1.807) is 0 Å². The van der Waals surface area contributed by atoms with Gasteiger partial charge in [-0.3, -0.25) is 4.90 Å². The molecule has 0 radical (unpaired) electrons. The van der Waals surface area contributed by atoms with Crippen molar-refractivity contribution >= 4 is 0 Å². The van der Waals surface area contributed by atoms with Crippen molar-refractivity contribution in [3.63, 3.8) is 0 Å². The molecule has 1 aliphatic carbocycles. The van der Waals surface area contributed by atoms with Crippen LogP contribution in [0.4, 0.5) is 0 Å². The van der Waals surface area contributed by atoms with E-state index >= 15 is 0 Å². The maximum Gasteiger partial charge on any atom is 0.240 e. The van der Waals surface area contributed by atoms with Crippen molar-refractivity contribution in [2.24, 2.45) is 5.41 Å². The van der Waals surface area contributed by atoms with Crippen LogP contribution >= 0.6 is 0 Å². The maximum atomic E-state index is 10.6. The molecular weight excluding hydrogens is 302 g/mol. The highest BCUT2D eigenvalue weighted by atomic mass is 16.5. The van der Waals surface area contributed by atoms with Crippen LogP contribution in [-0.4, -0.2) is 33.2 Å². The summed E-state index contributed by atoms with van der Waals surface area (Å²) in [6.07, 6.45) is 1.80. The summed E-state index contributed by atoms with van der Waals surface area (Å²) in [7, 11) is 0. The van der Waals surface area contributed by atoms with Crippen LogP contribution in [0, 0.1) is 5.41 Å². The van der Waals surface area contributed by atoms with Gasteiger partial charge in [0.25, 0.3) is 0 Å². The SMILES string of the molecule is CC(C)(C)CN(Cc1nc(C2CC2)no1)C[C@@H](O)c1ccccc1. The van der Waals surface area contributed by atoms with Crippen LogP contribution in [0.1, 0.15) is 62.9 Å². The molecule has 24 heavy (non-hydrogen) atoms. The highest BCUT2D eigenvalue weighted by Crippen LogP contribution is 2.38. The van der Waals surface area contributed by atoms with Crippen LogP contribution in [0.3, 0.4) is 0 Å². The summed E-state index contributed by atoms with van der Waals surface area (Å²) in [6.45, 7) is 8.54. The Hall–Kier alpha value is -1.72.